The Kier molecular flexibility index (Phi) is 3.56. The summed E-state index contributed by atoms with van der Waals surface area (Å²) in [5.74, 6) is 0. The first-order valence-corrected chi connectivity index (χ1v) is 6.42. The highest BCUT2D eigenvalue weighted by Crippen LogP contribution is 2.48. The van der Waals surface area contributed by atoms with Gasteiger partial charge in [-0.05, 0) is 25.7 Å². The second kappa shape index (κ2) is 4.70. The van der Waals surface area contributed by atoms with E-state index < -0.39 is 8.45 Å². The van der Waals surface area contributed by atoms with Crippen LogP contribution < -0.4 is 0 Å². The zero-order chi connectivity index (χ0) is 9.10. The Bertz CT molecular complexity index is 140. The minimum atomic E-state index is -0.394. The molecule has 2 aliphatic heterocycles. The highest BCUT2D eigenvalue weighted by atomic mass is 31.2. The molecule has 0 spiro atoms. The molecule has 4 heteroatoms. The lowest BCUT2D eigenvalue weighted by Gasteiger charge is -2.31. The fourth-order valence-electron chi connectivity index (χ4n) is 2.15. The summed E-state index contributed by atoms with van der Waals surface area (Å²) >= 11 is 0. The van der Waals surface area contributed by atoms with Crippen molar-refractivity contribution < 1.29 is 4.52 Å². The maximum absolute atomic E-state index is 5.63. The van der Waals surface area contributed by atoms with Crippen LogP contribution in [0.1, 0.15) is 25.7 Å². The van der Waals surface area contributed by atoms with Crippen molar-refractivity contribution in [2.45, 2.75) is 25.7 Å². The van der Waals surface area contributed by atoms with E-state index in [0.717, 1.165) is 0 Å². The van der Waals surface area contributed by atoms with Crippen molar-refractivity contribution in [2.24, 2.45) is 0 Å². The molecule has 0 aromatic carbocycles. The summed E-state index contributed by atoms with van der Waals surface area (Å²) in [6.07, 6.45) is 5.43. The molecule has 2 fully saturated rings. The van der Waals surface area contributed by atoms with Gasteiger partial charge in [0.1, 0.15) is 0 Å². The lowest BCUT2D eigenvalue weighted by atomic mass is 10.4. The first-order valence-electron chi connectivity index (χ1n) is 5.26. The van der Waals surface area contributed by atoms with Gasteiger partial charge in [0.05, 0.1) is 0 Å². The predicted octanol–water partition coefficient (Wildman–Crippen LogP) is 2.05. The molecule has 0 bridgehead atoms. The molecule has 0 atom stereocenters. The molecule has 2 aliphatic rings. The molecule has 0 aliphatic carbocycles. The van der Waals surface area contributed by atoms with Crippen LogP contribution in [0.25, 0.3) is 0 Å². The van der Waals surface area contributed by atoms with E-state index >= 15 is 0 Å². The fraction of sp³-hybridized carbons (Fsp3) is 1.00. The molecule has 3 nitrogen and oxygen atoms in total. The Labute approximate surface area is 82.0 Å². The van der Waals surface area contributed by atoms with Crippen molar-refractivity contribution in [3.8, 4) is 0 Å². The van der Waals surface area contributed by atoms with Crippen molar-refractivity contribution in [1.29, 1.82) is 0 Å². The molecule has 0 unspecified atom stereocenters. The SMILES string of the molecule is COP(N1CCCC1)N1CCCC1. The van der Waals surface area contributed by atoms with Gasteiger partial charge in [0.2, 0.25) is 0 Å². The van der Waals surface area contributed by atoms with Crippen molar-refractivity contribution in [3.05, 3.63) is 0 Å². The number of hydrogen-bond acceptors (Lipinski definition) is 3. The van der Waals surface area contributed by atoms with Crippen LogP contribution >= 0.6 is 8.45 Å². The van der Waals surface area contributed by atoms with Crippen molar-refractivity contribution >= 4 is 8.45 Å². The third kappa shape index (κ3) is 2.21. The van der Waals surface area contributed by atoms with Crippen LogP contribution in [-0.4, -0.2) is 42.6 Å². The predicted molar refractivity (Wildman–Crippen MR) is 55.5 cm³/mol. The van der Waals surface area contributed by atoms with Gasteiger partial charge in [-0.25, -0.2) is 9.34 Å². The molecule has 0 aromatic rings. The van der Waals surface area contributed by atoms with E-state index in [-0.39, 0.29) is 0 Å². The minimum absolute atomic E-state index is 0.394. The van der Waals surface area contributed by atoms with Crippen LogP contribution in [0, 0.1) is 0 Å². The van der Waals surface area contributed by atoms with Crippen LogP contribution in [-0.2, 0) is 4.52 Å². The smallest absolute Gasteiger partial charge is 0.187 e. The third-order valence-electron chi connectivity index (χ3n) is 2.81. The van der Waals surface area contributed by atoms with Gasteiger partial charge in [-0.2, -0.15) is 0 Å². The highest BCUT2D eigenvalue weighted by Gasteiger charge is 2.29. The van der Waals surface area contributed by atoms with Crippen molar-refractivity contribution in [2.75, 3.05) is 33.3 Å². The third-order valence-corrected chi connectivity index (χ3v) is 4.91. The summed E-state index contributed by atoms with van der Waals surface area (Å²) in [6.45, 7) is 4.98. The highest BCUT2D eigenvalue weighted by molar-refractivity contribution is 7.47. The van der Waals surface area contributed by atoms with Gasteiger partial charge >= 0.3 is 0 Å². The molecule has 2 saturated heterocycles. The molecule has 0 amide bonds. The van der Waals surface area contributed by atoms with E-state index in [4.69, 9.17) is 4.52 Å². The van der Waals surface area contributed by atoms with Gasteiger partial charge < -0.3 is 4.52 Å². The van der Waals surface area contributed by atoms with Gasteiger partial charge in [0, 0.05) is 33.3 Å². The average molecular weight is 202 g/mol. The first kappa shape index (κ1) is 9.85. The first-order chi connectivity index (χ1) is 6.42. The quantitative estimate of drug-likeness (QED) is 0.651. The maximum atomic E-state index is 5.63. The summed E-state index contributed by atoms with van der Waals surface area (Å²) in [4.78, 5) is 0. The summed E-state index contributed by atoms with van der Waals surface area (Å²) in [7, 11) is 1.47. The molecule has 2 rings (SSSR count). The molecule has 0 radical (unpaired) electrons. The zero-order valence-electron chi connectivity index (χ0n) is 8.41. The number of hydrogen-bond donors (Lipinski definition) is 0. The second-order valence-corrected chi connectivity index (χ2v) is 5.76. The van der Waals surface area contributed by atoms with E-state index in [1.165, 1.54) is 51.9 Å². The van der Waals surface area contributed by atoms with Crippen LogP contribution in [0.2, 0.25) is 0 Å². The van der Waals surface area contributed by atoms with Gasteiger partial charge in [-0.15, -0.1) is 0 Å². The summed E-state index contributed by atoms with van der Waals surface area (Å²) in [6, 6.07) is 0. The number of nitrogens with zero attached hydrogens (tertiary/aromatic N) is 2. The molecular formula is C9H19N2OP. The Morgan fingerprint density at radius 3 is 1.54 bits per heavy atom. The normalized spacial score (nSPS) is 26.3. The lowest BCUT2D eigenvalue weighted by Crippen LogP contribution is -2.25. The topological polar surface area (TPSA) is 15.7 Å². The maximum Gasteiger partial charge on any atom is 0.187 e. The van der Waals surface area contributed by atoms with Gasteiger partial charge in [-0.1, -0.05) is 0 Å². The van der Waals surface area contributed by atoms with Crippen LogP contribution in [0.4, 0.5) is 0 Å². The minimum Gasteiger partial charge on any atom is -0.335 e. The van der Waals surface area contributed by atoms with Crippen molar-refractivity contribution in [1.82, 2.24) is 9.34 Å². The zero-order valence-corrected chi connectivity index (χ0v) is 9.30. The van der Waals surface area contributed by atoms with Crippen LogP contribution in [0.3, 0.4) is 0 Å². The standard InChI is InChI=1S/C9H19N2OP/c1-12-13(10-6-2-3-7-10)11-8-4-5-9-11/h2-9H2,1H3. The Morgan fingerprint density at radius 2 is 1.23 bits per heavy atom. The summed E-state index contributed by atoms with van der Waals surface area (Å²) < 4.78 is 10.7. The Morgan fingerprint density at radius 1 is 0.846 bits per heavy atom. The van der Waals surface area contributed by atoms with Gasteiger partial charge in [-0.3, -0.25) is 0 Å². The van der Waals surface area contributed by atoms with Crippen LogP contribution in [0.5, 0.6) is 0 Å². The molecule has 2 heterocycles. The Hall–Kier alpha value is 0.310. The van der Waals surface area contributed by atoms with Crippen LogP contribution in [0.15, 0.2) is 0 Å². The van der Waals surface area contributed by atoms with E-state index in [9.17, 15) is 0 Å². The molecular weight excluding hydrogens is 183 g/mol. The molecule has 0 aromatic heterocycles. The summed E-state index contributed by atoms with van der Waals surface area (Å²) in [5, 5.41) is 0. The molecule has 0 N–H and O–H groups in total. The van der Waals surface area contributed by atoms with Crippen molar-refractivity contribution in [3.63, 3.8) is 0 Å². The van der Waals surface area contributed by atoms with Gasteiger partial charge in [0.25, 0.3) is 0 Å². The fourth-order valence-corrected chi connectivity index (χ4v) is 4.22. The van der Waals surface area contributed by atoms with E-state index in [1.807, 2.05) is 7.11 Å². The molecule has 76 valence electrons. The van der Waals surface area contributed by atoms with Gasteiger partial charge in [0.15, 0.2) is 8.45 Å². The van der Waals surface area contributed by atoms with E-state index in [0.29, 0.717) is 0 Å². The second-order valence-electron chi connectivity index (χ2n) is 3.76. The molecule has 0 saturated carbocycles. The molecule has 13 heavy (non-hydrogen) atoms. The number of rotatable bonds is 3. The van der Waals surface area contributed by atoms with E-state index in [2.05, 4.69) is 9.34 Å². The lowest BCUT2D eigenvalue weighted by molar-refractivity contribution is 0.336. The largest absolute Gasteiger partial charge is 0.335 e. The van der Waals surface area contributed by atoms with E-state index in [1.54, 1.807) is 0 Å². The monoisotopic (exact) mass is 202 g/mol. The summed E-state index contributed by atoms with van der Waals surface area (Å²) in [5.41, 5.74) is 0. The Balaban J connectivity index is 1.90. The average Bonchev–Trinajstić information content (AvgIpc) is 2.76.